The highest BCUT2D eigenvalue weighted by atomic mass is 32.2. The molecule has 1 heterocycles. The van der Waals surface area contributed by atoms with Crippen molar-refractivity contribution in [1.29, 1.82) is 0 Å². The first-order valence-electron chi connectivity index (χ1n) is 12.6. The third-order valence-electron chi connectivity index (χ3n) is 6.32. The first-order valence-corrected chi connectivity index (χ1v) is 14.0. The van der Waals surface area contributed by atoms with Gasteiger partial charge in [-0.25, -0.2) is 14.4 Å². The van der Waals surface area contributed by atoms with E-state index in [0.29, 0.717) is 40.7 Å². The number of amides is 1. The van der Waals surface area contributed by atoms with Crippen molar-refractivity contribution in [2.24, 2.45) is 0 Å². The highest BCUT2D eigenvalue weighted by Crippen LogP contribution is 2.32. The molecule has 0 spiro atoms. The number of carbonyl (C=O) groups excluding carboxylic acids is 2. The van der Waals surface area contributed by atoms with Gasteiger partial charge < -0.3 is 19.2 Å². The summed E-state index contributed by atoms with van der Waals surface area (Å²) in [7, 11) is 0. The smallest absolute Gasteiger partial charge is 0.408 e. The lowest BCUT2D eigenvalue weighted by Gasteiger charge is -2.19. The monoisotopic (exact) mass is 545 g/mol. The van der Waals surface area contributed by atoms with E-state index in [-0.39, 0.29) is 12.4 Å². The van der Waals surface area contributed by atoms with Crippen LogP contribution in [0.15, 0.2) is 82.0 Å². The Morgan fingerprint density at radius 1 is 0.974 bits per heavy atom. The molecule has 1 aromatic heterocycles. The molecule has 3 aromatic carbocycles. The van der Waals surface area contributed by atoms with Crippen LogP contribution in [-0.4, -0.2) is 30.1 Å². The van der Waals surface area contributed by atoms with Gasteiger partial charge in [-0.3, -0.25) is 0 Å². The van der Waals surface area contributed by atoms with Crippen molar-refractivity contribution >= 4 is 34.8 Å². The zero-order valence-electron chi connectivity index (χ0n) is 22.2. The van der Waals surface area contributed by atoms with E-state index in [9.17, 15) is 14.4 Å². The highest BCUT2D eigenvalue weighted by Gasteiger charge is 2.25. The first-order chi connectivity index (χ1) is 18.9. The average molecular weight is 546 g/mol. The van der Waals surface area contributed by atoms with Crippen molar-refractivity contribution in [3.05, 3.63) is 111 Å². The number of carbonyl (C=O) groups is 2. The molecule has 0 aliphatic heterocycles. The Kier molecular flexibility index (Phi) is 9.44. The topological polar surface area (TPSA) is 94.8 Å². The average Bonchev–Trinajstić information content (AvgIpc) is 2.92. The number of esters is 1. The summed E-state index contributed by atoms with van der Waals surface area (Å²) in [6.07, 6.45) is 1.96. The zero-order chi connectivity index (χ0) is 27.8. The van der Waals surface area contributed by atoms with Gasteiger partial charge in [0.2, 0.25) is 0 Å². The maximum Gasteiger partial charge on any atom is 0.408 e. The lowest BCUT2D eigenvalue weighted by Crippen LogP contribution is -2.43. The van der Waals surface area contributed by atoms with Gasteiger partial charge in [-0.05, 0) is 66.7 Å². The van der Waals surface area contributed by atoms with Gasteiger partial charge >= 0.3 is 17.7 Å². The first kappa shape index (κ1) is 28.0. The molecule has 39 heavy (non-hydrogen) atoms. The summed E-state index contributed by atoms with van der Waals surface area (Å²) in [5, 5.41) is 3.20. The number of fused-ring (bicyclic) bond motifs is 1. The number of hydrogen-bond acceptors (Lipinski definition) is 7. The van der Waals surface area contributed by atoms with E-state index in [1.807, 2.05) is 80.8 Å². The molecule has 0 fully saturated rings. The molecule has 0 radical (unpaired) electrons. The molecule has 0 aliphatic rings. The normalized spacial score (nSPS) is 11.7. The van der Waals surface area contributed by atoms with Crippen LogP contribution in [0.1, 0.15) is 34.2 Å². The van der Waals surface area contributed by atoms with Crippen molar-refractivity contribution in [3.63, 3.8) is 0 Å². The van der Waals surface area contributed by atoms with Gasteiger partial charge in [0.15, 0.2) is 0 Å². The SMILES string of the molecule is CSCC[C@H](NC(=O)OCc1ccccc1)C(=O)Oc1cc(C)cc2oc(=O)c(Cc3ccccc3)c(C)c12. The molecule has 4 aromatic rings. The lowest BCUT2D eigenvalue weighted by molar-refractivity contribution is -0.136. The van der Waals surface area contributed by atoms with E-state index in [4.69, 9.17) is 13.9 Å². The van der Waals surface area contributed by atoms with Gasteiger partial charge in [0, 0.05) is 12.0 Å². The number of rotatable bonds is 10. The molecule has 1 atom stereocenters. The molecule has 0 saturated heterocycles. The van der Waals surface area contributed by atoms with Gasteiger partial charge in [-0.1, -0.05) is 60.7 Å². The molecule has 1 N–H and O–H groups in total. The second-order valence-electron chi connectivity index (χ2n) is 9.25. The Bertz CT molecular complexity index is 1500. The number of hydrogen-bond donors (Lipinski definition) is 1. The highest BCUT2D eigenvalue weighted by molar-refractivity contribution is 7.98. The second kappa shape index (κ2) is 13.2. The van der Waals surface area contributed by atoms with Crippen LogP contribution in [0.2, 0.25) is 0 Å². The molecular formula is C31H31NO6S. The van der Waals surface area contributed by atoms with Crippen LogP contribution >= 0.6 is 11.8 Å². The Balaban J connectivity index is 1.59. The third kappa shape index (κ3) is 7.29. The third-order valence-corrected chi connectivity index (χ3v) is 6.97. The minimum absolute atomic E-state index is 0.0852. The number of thioether (sulfide) groups is 1. The van der Waals surface area contributed by atoms with E-state index in [1.165, 1.54) is 0 Å². The quantitative estimate of drug-likeness (QED) is 0.149. The van der Waals surface area contributed by atoms with Crippen LogP contribution in [0, 0.1) is 13.8 Å². The minimum Gasteiger partial charge on any atom is -0.445 e. The van der Waals surface area contributed by atoms with Crippen LogP contribution < -0.4 is 15.7 Å². The summed E-state index contributed by atoms with van der Waals surface area (Å²) in [5.74, 6) is 0.282. The van der Waals surface area contributed by atoms with Crippen LogP contribution in [0.25, 0.3) is 11.0 Å². The molecule has 8 heteroatoms. The maximum absolute atomic E-state index is 13.3. The Morgan fingerprint density at radius 3 is 2.31 bits per heavy atom. The number of alkyl carbamates (subject to hydrolysis) is 1. The summed E-state index contributed by atoms with van der Waals surface area (Å²) < 4.78 is 16.9. The van der Waals surface area contributed by atoms with Crippen molar-refractivity contribution in [3.8, 4) is 5.75 Å². The van der Waals surface area contributed by atoms with Gasteiger partial charge in [0.1, 0.15) is 24.0 Å². The zero-order valence-corrected chi connectivity index (χ0v) is 23.0. The van der Waals surface area contributed by atoms with E-state index in [1.54, 1.807) is 23.9 Å². The molecular weight excluding hydrogens is 514 g/mol. The van der Waals surface area contributed by atoms with Gasteiger partial charge in [-0.15, -0.1) is 0 Å². The number of ether oxygens (including phenoxy) is 2. The maximum atomic E-state index is 13.3. The molecule has 7 nitrogen and oxygen atoms in total. The van der Waals surface area contributed by atoms with Gasteiger partial charge in [-0.2, -0.15) is 11.8 Å². The van der Waals surface area contributed by atoms with E-state index >= 15 is 0 Å². The molecule has 0 bridgehead atoms. The molecule has 0 unspecified atom stereocenters. The van der Waals surface area contributed by atoms with Crippen molar-refractivity contribution in [1.82, 2.24) is 5.32 Å². The molecule has 1 amide bonds. The number of benzene rings is 3. The molecule has 4 rings (SSSR count). The predicted octanol–water partition coefficient (Wildman–Crippen LogP) is 5.95. The fraction of sp³-hybridized carbons (Fsp3) is 0.258. The summed E-state index contributed by atoms with van der Waals surface area (Å²) in [5.41, 5.74) is 3.67. The second-order valence-corrected chi connectivity index (χ2v) is 10.2. The van der Waals surface area contributed by atoms with Crippen LogP contribution in [-0.2, 0) is 22.6 Å². The van der Waals surface area contributed by atoms with Crippen LogP contribution in [0.4, 0.5) is 4.79 Å². The van der Waals surface area contributed by atoms with Crippen LogP contribution in [0.3, 0.4) is 0 Å². The number of aryl methyl sites for hydroxylation is 2. The summed E-state index contributed by atoms with van der Waals surface area (Å²) >= 11 is 1.55. The molecule has 0 saturated carbocycles. The Morgan fingerprint density at radius 2 is 1.64 bits per heavy atom. The van der Waals surface area contributed by atoms with Crippen molar-refractivity contribution in [2.45, 2.75) is 39.3 Å². The van der Waals surface area contributed by atoms with E-state index < -0.39 is 23.7 Å². The minimum atomic E-state index is -0.920. The largest absolute Gasteiger partial charge is 0.445 e. The number of nitrogens with one attached hydrogen (secondary N) is 1. The van der Waals surface area contributed by atoms with Gasteiger partial charge in [0.25, 0.3) is 0 Å². The molecule has 202 valence electrons. The Labute approximate surface area is 231 Å². The lowest BCUT2D eigenvalue weighted by atomic mass is 9.98. The fourth-order valence-corrected chi connectivity index (χ4v) is 4.76. The van der Waals surface area contributed by atoms with Crippen molar-refractivity contribution < 1.29 is 23.5 Å². The molecule has 0 aliphatic carbocycles. The van der Waals surface area contributed by atoms with Crippen molar-refractivity contribution in [2.75, 3.05) is 12.0 Å². The van der Waals surface area contributed by atoms with E-state index in [2.05, 4.69) is 5.32 Å². The fourth-order valence-electron chi connectivity index (χ4n) is 4.29. The van der Waals surface area contributed by atoms with E-state index in [0.717, 1.165) is 16.7 Å². The summed E-state index contributed by atoms with van der Waals surface area (Å²) in [4.78, 5) is 38.7. The summed E-state index contributed by atoms with van der Waals surface area (Å²) in [6.45, 7) is 3.74. The predicted molar refractivity (Wildman–Crippen MR) is 153 cm³/mol. The standard InChI is InChI=1S/C31H31NO6S/c1-20-16-26-28(21(2)24(29(33)37-26)18-22-10-6-4-7-11-22)27(17-20)38-30(34)25(14-15-39-3)32-31(35)36-19-23-12-8-5-9-13-23/h4-13,16-17,25H,14-15,18-19H2,1-3H3,(H,32,35)/t25-/m0/s1. The summed E-state index contributed by atoms with van der Waals surface area (Å²) in [6, 6.07) is 21.5. The van der Waals surface area contributed by atoms with Gasteiger partial charge in [0.05, 0.1) is 5.39 Å². The van der Waals surface area contributed by atoms with Crippen LogP contribution in [0.5, 0.6) is 5.75 Å². The Hall–Kier alpha value is -4.04.